The molecule has 0 bridgehead atoms. The van der Waals surface area contributed by atoms with Crippen LogP contribution in [0.25, 0.3) is 22.3 Å². The Morgan fingerprint density at radius 3 is 2.54 bits per heavy atom. The van der Waals surface area contributed by atoms with Gasteiger partial charge in [0.15, 0.2) is 0 Å². The summed E-state index contributed by atoms with van der Waals surface area (Å²) in [5, 5.41) is 12.1. The minimum Gasteiger partial charge on any atom is -0.529 e. The summed E-state index contributed by atoms with van der Waals surface area (Å²) in [6.07, 6.45) is -4.48. The Hall–Kier alpha value is -2.54. The monoisotopic (exact) mass is 379 g/mol. The summed E-state index contributed by atoms with van der Waals surface area (Å²) in [7, 11) is 0. The van der Waals surface area contributed by atoms with Gasteiger partial charge in [-0.3, -0.25) is 4.57 Å². The van der Waals surface area contributed by atoms with Crippen molar-refractivity contribution in [1.82, 2.24) is 9.55 Å². The first kappa shape index (κ1) is 16.9. The summed E-state index contributed by atoms with van der Waals surface area (Å²) < 4.78 is 41.2. The highest BCUT2D eigenvalue weighted by Crippen LogP contribution is 2.45. The summed E-state index contributed by atoms with van der Waals surface area (Å²) >= 11 is 5.81. The number of carbonyl (C=O) groups excluding carboxylic acids is 1. The Morgan fingerprint density at radius 2 is 1.92 bits per heavy atom. The van der Waals surface area contributed by atoms with Crippen molar-refractivity contribution in [2.45, 2.75) is 24.9 Å². The van der Waals surface area contributed by atoms with Crippen LogP contribution in [0, 0.1) is 0 Å². The zero-order chi connectivity index (χ0) is 18.6. The van der Waals surface area contributed by atoms with Gasteiger partial charge in [-0.05, 0) is 54.7 Å². The molecular formula is C18H11ClF3N2O2-. The highest BCUT2D eigenvalue weighted by Gasteiger charge is 2.36. The Balaban J connectivity index is 2.04. The van der Waals surface area contributed by atoms with E-state index >= 15 is 0 Å². The number of alkyl halides is 3. The molecule has 26 heavy (non-hydrogen) atoms. The van der Waals surface area contributed by atoms with E-state index in [4.69, 9.17) is 11.6 Å². The van der Waals surface area contributed by atoms with Crippen molar-refractivity contribution >= 4 is 28.7 Å². The summed E-state index contributed by atoms with van der Waals surface area (Å²) in [5.41, 5.74) is -0.547. The molecule has 1 aliphatic rings. The molecule has 0 saturated heterocycles. The lowest BCUT2D eigenvalue weighted by Crippen LogP contribution is -2.29. The summed E-state index contributed by atoms with van der Waals surface area (Å²) in [6, 6.07) is 8.17. The molecule has 4 nitrogen and oxygen atoms in total. The van der Waals surface area contributed by atoms with Crippen molar-refractivity contribution in [3.63, 3.8) is 0 Å². The third-order valence-electron chi connectivity index (χ3n) is 4.47. The zero-order valence-electron chi connectivity index (χ0n) is 13.2. The third kappa shape index (κ3) is 2.82. The van der Waals surface area contributed by atoms with Gasteiger partial charge in [0.1, 0.15) is 16.9 Å². The van der Waals surface area contributed by atoms with E-state index < -0.39 is 17.8 Å². The van der Waals surface area contributed by atoms with Gasteiger partial charge in [-0.1, -0.05) is 17.7 Å². The maximum Gasteiger partial charge on any atom is 0.417 e. The normalized spacial score (nSPS) is 14.8. The Kier molecular flexibility index (Phi) is 3.73. The minimum atomic E-state index is -4.63. The van der Waals surface area contributed by atoms with E-state index in [-0.39, 0.29) is 28.0 Å². The van der Waals surface area contributed by atoms with Crippen molar-refractivity contribution in [2.75, 3.05) is 0 Å². The molecule has 2 heterocycles. The number of benzene rings is 1. The minimum absolute atomic E-state index is 0.0347. The van der Waals surface area contributed by atoms with Crippen LogP contribution in [0.2, 0.25) is 5.15 Å². The van der Waals surface area contributed by atoms with Crippen molar-refractivity contribution in [2.24, 2.45) is 0 Å². The second-order valence-electron chi connectivity index (χ2n) is 6.25. The molecule has 2 aromatic heterocycles. The lowest BCUT2D eigenvalue weighted by atomic mass is 9.98. The fourth-order valence-electron chi connectivity index (χ4n) is 3.13. The molecule has 0 spiro atoms. The van der Waals surface area contributed by atoms with Crippen LogP contribution in [0.5, 0.6) is 0 Å². The molecule has 0 unspecified atom stereocenters. The Labute approximate surface area is 150 Å². The smallest absolute Gasteiger partial charge is 0.417 e. The van der Waals surface area contributed by atoms with Crippen LogP contribution in [0.3, 0.4) is 0 Å². The summed E-state index contributed by atoms with van der Waals surface area (Å²) in [5.74, 6) is 0.212. The Bertz CT molecular complexity index is 1040. The van der Waals surface area contributed by atoms with E-state index in [1.54, 1.807) is 0 Å². The van der Waals surface area contributed by atoms with Gasteiger partial charge in [0.2, 0.25) is 0 Å². The largest absolute Gasteiger partial charge is 0.529 e. The number of carbonyl (C=O) groups is 1. The second kappa shape index (κ2) is 5.74. The number of halogens is 4. The highest BCUT2D eigenvalue weighted by molar-refractivity contribution is 6.29. The molecule has 0 radical (unpaired) electrons. The molecule has 134 valence electrons. The average molecular weight is 380 g/mol. The molecule has 3 aromatic rings. The number of rotatable bonds is 2. The SMILES string of the molecule is O=C([O-])n1c(-c2cc(C3CC3)ccc2C(F)(F)F)cc2ccc(Cl)nc21. The maximum atomic E-state index is 13.5. The predicted molar refractivity (Wildman–Crippen MR) is 88.0 cm³/mol. The van der Waals surface area contributed by atoms with E-state index in [9.17, 15) is 23.1 Å². The quantitative estimate of drug-likeness (QED) is 0.618. The van der Waals surface area contributed by atoms with Gasteiger partial charge < -0.3 is 9.90 Å². The van der Waals surface area contributed by atoms with Crippen molar-refractivity contribution in [3.05, 3.63) is 52.7 Å². The van der Waals surface area contributed by atoms with Crippen LogP contribution in [0.1, 0.15) is 29.9 Å². The fraction of sp³-hybridized carbons (Fsp3) is 0.222. The molecule has 4 rings (SSSR count). The molecule has 1 fully saturated rings. The first-order valence-corrected chi connectivity index (χ1v) is 8.24. The van der Waals surface area contributed by atoms with Crippen molar-refractivity contribution in [1.29, 1.82) is 0 Å². The van der Waals surface area contributed by atoms with Crippen LogP contribution in [0.15, 0.2) is 36.4 Å². The number of aromatic nitrogens is 2. The topological polar surface area (TPSA) is 57.9 Å². The van der Waals surface area contributed by atoms with Crippen LogP contribution in [-0.4, -0.2) is 15.6 Å². The van der Waals surface area contributed by atoms with Crippen LogP contribution < -0.4 is 5.11 Å². The molecule has 0 atom stereocenters. The lowest BCUT2D eigenvalue weighted by molar-refractivity contribution is -0.249. The van der Waals surface area contributed by atoms with Crippen LogP contribution in [0.4, 0.5) is 18.0 Å². The van der Waals surface area contributed by atoms with Crippen molar-refractivity contribution in [3.8, 4) is 11.3 Å². The predicted octanol–water partition coefficient (Wildman–Crippen LogP) is 4.44. The fourth-order valence-corrected chi connectivity index (χ4v) is 3.27. The number of hydrogen-bond acceptors (Lipinski definition) is 3. The molecule has 1 aliphatic carbocycles. The zero-order valence-corrected chi connectivity index (χ0v) is 13.9. The summed E-state index contributed by atoms with van der Waals surface area (Å²) in [4.78, 5) is 15.6. The van der Waals surface area contributed by atoms with Gasteiger partial charge in [0, 0.05) is 10.9 Å². The van der Waals surface area contributed by atoms with E-state index in [1.807, 2.05) is 0 Å². The van der Waals surface area contributed by atoms with Crippen molar-refractivity contribution < 1.29 is 23.1 Å². The average Bonchev–Trinajstić information content (AvgIpc) is 3.33. The van der Waals surface area contributed by atoms with Gasteiger partial charge >= 0.3 is 6.18 Å². The van der Waals surface area contributed by atoms with Crippen LogP contribution in [-0.2, 0) is 6.18 Å². The highest BCUT2D eigenvalue weighted by atomic mass is 35.5. The van der Waals surface area contributed by atoms with Gasteiger partial charge in [-0.15, -0.1) is 0 Å². The van der Waals surface area contributed by atoms with Gasteiger partial charge in [0.05, 0.1) is 11.3 Å². The third-order valence-corrected chi connectivity index (χ3v) is 4.68. The van der Waals surface area contributed by atoms with E-state index in [1.165, 1.54) is 30.3 Å². The number of pyridine rings is 1. The molecule has 1 saturated carbocycles. The van der Waals surface area contributed by atoms with E-state index in [0.29, 0.717) is 9.95 Å². The first-order chi connectivity index (χ1) is 12.3. The molecule has 0 amide bonds. The molecular weight excluding hydrogens is 369 g/mol. The van der Waals surface area contributed by atoms with Gasteiger partial charge in [-0.2, -0.15) is 13.2 Å². The van der Waals surface area contributed by atoms with E-state index in [2.05, 4.69) is 4.98 Å². The van der Waals surface area contributed by atoms with Gasteiger partial charge in [-0.25, -0.2) is 4.98 Å². The van der Waals surface area contributed by atoms with E-state index in [0.717, 1.165) is 24.5 Å². The molecule has 0 aliphatic heterocycles. The number of fused-ring (bicyclic) bond motifs is 1. The number of carboxylic acid groups (broad SMARTS) is 1. The standard InChI is InChI=1S/C18H12ClF3N2O2/c19-15-6-4-11-8-14(24(17(25)26)16(11)23-15)12-7-10(9-1-2-9)3-5-13(12)18(20,21)22/h3-9H,1-2H2,(H,25,26)/p-1. The molecule has 0 N–H and O–H groups in total. The number of nitrogens with zero attached hydrogens (tertiary/aromatic N) is 2. The summed E-state index contributed by atoms with van der Waals surface area (Å²) in [6.45, 7) is 0. The molecule has 1 aromatic carbocycles. The maximum absolute atomic E-state index is 13.5. The van der Waals surface area contributed by atoms with Crippen LogP contribution >= 0.6 is 11.6 Å². The lowest BCUT2D eigenvalue weighted by Gasteiger charge is -2.17. The van der Waals surface area contributed by atoms with Gasteiger partial charge in [0.25, 0.3) is 0 Å². The number of hydrogen-bond donors (Lipinski definition) is 0. The Morgan fingerprint density at radius 1 is 1.19 bits per heavy atom. The molecule has 8 heteroatoms. The first-order valence-electron chi connectivity index (χ1n) is 7.86. The second-order valence-corrected chi connectivity index (χ2v) is 6.64.